The molecule has 3 amide bonds. The number of benzene rings is 1. The molecule has 3 aliphatic rings. The monoisotopic (exact) mass is 363 g/mol. The number of rotatable bonds is 2. The maximum absolute atomic E-state index is 14.2. The molecular weight excluding hydrogens is 344 g/mol. The van der Waals surface area contributed by atoms with Crippen LogP contribution in [0.25, 0.3) is 0 Å². The van der Waals surface area contributed by atoms with Gasteiger partial charge >= 0.3 is 0 Å². The van der Waals surface area contributed by atoms with E-state index in [-0.39, 0.29) is 37.7 Å². The van der Waals surface area contributed by atoms with Gasteiger partial charge in [-0.1, -0.05) is 12.1 Å². The third kappa shape index (κ3) is 2.78. The average Bonchev–Trinajstić information content (AvgIpc) is 2.90. The summed E-state index contributed by atoms with van der Waals surface area (Å²) in [6.45, 7) is 0.375. The van der Waals surface area contributed by atoms with Crippen LogP contribution in [0.2, 0.25) is 0 Å². The molecule has 2 unspecified atom stereocenters. The molecule has 8 heteroatoms. The van der Waals surface area contributed by atoms with Crippen molar-refractivity contribution in [1.29, 1.82) is 0 Å². The Morgan fingerprint density at radius 3 is 2.69 bits per heavy atom. The first-order chi connectivity index (χ1) is 12.4. The Bertz CT molecular complexity index is 796. The van der Waals surface area contributed by atoms with Crippen LogP contribution in [0.15, 0.2) is 18.2 Å². The van der Waals surface area contributed by atoms with Gasteiger partial charge in [-0.15, -0.1) is 0 Å². The second-order valence-electron chi connectivity index (χ2n) is 7.10. The van der Waals surface area contributed by atoms with Gasteiger partial charge in [0.15, 0.2) is 0 Å². The maximum atomic E-state index is 14.2. The molecule has 3 heterocycles. The van der Waals surface area contributed by atoms with Crippen molar-refractivity contribution in [2.75, 3.05) is 13.1 Å². The van der Waals surface area contributed by atoms with Crippen molar-refractivity contribution in [3.05, 3.63) is 34.9 Å². The lowest BCUT2D eigenvalue weighted by atomic mass is 9.86. The van der Waals surface area contributed by atoms with Crippen molar-refractivity contribution < 1.29 is 23.2 Å². The highest BCUT2D eigenvalue weighted by Gasteiger charge is 2.44. The molecule has 0 bridgehead atoms. The second-order valence-corrected chi connectivity index (χ2v) is 7.10. The minimum Gasteiger partial charge on any atom is -0.322 e. The van der Waals surface area contributed by atoms with Crippen LogP contribution in [-0.2, 0) is 16.1 Å². The third-order valence-corrected chi connectivity index (χ3v) is 5.43. The van der Waals surface area contributed by atoms with E-state index >= 15 is 0 Å². The van der Waals surface area contributed by atoms with Gasteiger partial charge in [-0.05, 0) is 36.6 Å². The Labute approximate surface area is 148 Å². The van der Waals surface area contributed by atoms with E-state index in [1.165, 1.54) is 4.90 Å². The standard InChI is InChI=1S/C18H19F2N3O3/c19-18(20)9-21-6-5-13(18)10-1-2-12-11(7-10)8-23(17(12)26)14-3-4-15(24)22-16(14)25/h1-2,7,13-14,21H,3-6,8-9H2,(H,22,24,25). The fraction of sp³-hybridized carbons (Fsp3) is 0.500. The van der Waals surface area contributed by atoms with E-state index in [1.54, 1.807) is 18.2 Å². The van der Waals surface area contributed by atoms with Gasteiger partial charge in [0, 0.05) is 18.5 Å². The van der Waals surface area contributed by atoms with Gasteiger partial charge in [0.1, 0.15) is 6.04 Å². The van der Waals surface area contributed by atoms with Crippen LogP contribution in [0.1, 0.15) is 46.7 Å². The highest BCUT2D eigenvalue weighted by molar-refractivity contribution is 6.05. The molecule has 1 aromatic carbocycles. The zero-order valence-corrected chi connectivity index (χ0v) is 14.1. The van der Waals surface area contributed by atoms with Crippen molar-refractivity contribution in [3.8, 4) is 0 Å². The molecule has 0 aromatic heterocycles. The fourth-order valence-electron chi connectivity index (χ4n) is 4.06. The van der Waals surface area contributed by atoms with Gasteiger partial charge in [0.2, 0.25) is 11.8 Å². The smallest absolute Gasteiger partial charge is 0.267 e. The van der Waals surface area contributed by atoms with Crippen molar-refractivity contribution in [3.63, 3.8) is 0 Å². The Kier molecular flexibility index (Phi) is 4.02. The number of nitrogens with one attached hydrogen (secondary N) is 2. The molecule has 4 rings (SSSR count). The summed E-state index contributed by atoms with van der Waals surface area (Å²) in [7, 11) is 0. The van der Waals surface area contributed by atoms with Gasteiger partial charge < -0.3 is 10.2 Å². The lowest BCUT2D eigenvalue weighted by molar-refractivity contribution is -0.136. The first-order valence-electron chi connectivity index (χ1n) is 8.73. The molecule has 2 fully saturated rings. The van der Waals surface area contributed by atoms with E-state index in [0.717, 1.165) is 0 Å². The van der Waals surface area contributed by atoms with Crippen LogP contribution in [0.3, 0.4) is 0 Å². The summed E-state index contributed by atoms with van der Waals surface area (Å²) < 4.78 is 28.4. The average molecular weight is 363 g/mol. The molecule has 1 aromatic rings. The van der Waals surface area contributed by atoms with Gasteiger partial charge in [0.25, 0.3) is 11.8 Å². The SMILES string of the molecule is O=C1CCC(N2Cc3cc(C4CCNCC4(F)F)ccc3C2=O)C(=O)N1. The Hall–Kier alpha value is -2.35. The lowest BCUT2D eigenvalue weighted by Crippen LogP contribution is -2.52. The zero-order valence-electron chi connectivity index (χ0n) is 14.1. The van der Waals surface area contributed by atoms with Crippen molar-refractivity contribution in [2.24, 2.45) is 0 Å². The number of nitrogens with zero attached hydrogens (tertiary/aromatic N) is 1. The Balaban J connectivity index is 1.59. The molecule has 2 atom stereocenters. The van der Waals surface area contributed by atoms with Crippen molar-refractivity contribution >= 4 is 17.7 Å². The third-order valence-electron chi connectivity index (χ3n) is 5.43. The van der Waals surface area contributed by atoms with Gasteiger partial charge in [-0.3, -0.25) is 19.7 Å². The number of halogens is 2. The Morgan fingerprint density at radius 2 is 1.96 bits per heavy atom. The van der Waals surface area contributed by atoms with Crippen LogP contribution in [0, 0.1) is 0 Å². The maximum Gasteiger partial charge on any atom is 0.267 e. The topological polar surface area (TPSA) is 78.5 Å². The molecule has 138 valence electrons. The van der Waals surface area contributed by atoms with E-state index in [9.17, 15) is 23.2 Å². The first kappa shape index (κ1) is 17.1. The number of hydrogen-bond donors (Lipinski definition) is 2. The van der Waals surface area contributed by atoms with Crippen LogP contribution < -0.4 is 10.6 Å². The van der Waals surface area contributed by atoms with Crippen LogP contribution in [0.5, 0.6) is 0 Å². The highest BCUT2D eigenvalue weighted by Crippen LogP contribution is 2.39. The summed E-state index contributed by atoms with van der Waals surface area (Å²) in [6.07, 6.45) is 0.795. The molecule has 26 heavy (non-hydrogen) atoms. The first-order valence-corrected chi connectivity index (χ1v) is 8.73. The van der Waals surface area contributed by atoms with Crippen molar-refractivity contribution in [1.82, 2.24) is 15.5 Å². The Morgan fingerprint density at radius 1 is 1.15 bits per heavy atom. The van der Waals surface area contributed by atoms with Crippen LogP contribution >= 0.6 is 0 Å². The molecule has 0 aliphatic carbocycles. The normalized spacial score (nSPS) is 28.1. The molecular formula is C18H19F2N3O3. The lowest BCUT2D eigenvalue weighted by Gasteiger charge is -2.32. The summed E-state index contributed by atoms with van der Waals surface area (Å²) in [6, 6.07) is 4.14. The molecule has 0 saturated carbocycles. The summed E-state index contributed by atoms with van der Waals surface area (Å²) in [5, 5.41) is 4.96. The van der Waals surface area contributed by atoms with Gasteiger partial charge in [-0.2, -0.15) is 0 Å². The number of alkyl halides is 2. The van der Waals surface area contributed by atoms with E-state index < -0.39 is 23.8 Å². The largest absolute Gasteiger partial charge is 0.322 e. The van der Waals surface area contributed by atoms with E-state index in [2.05, 4.69) is 10.6 Å². The number of amides is 3. The summed E-state index contributed by atoms with van der Waals surface area (Å²) in [5.41, 5.74) is 1.62. The number of piperidine rings is 2. The quantitative estimate of drug-likeness (QED) is 0.773. The van der Waals surface area contributed by atoms with Crippen molar-refractivity contribution in [2.45, 2.75) is 43.7 Å². The molecule has 6 nitrogen and oxygen atoms in total. The summed E-state index contributed by atoms with van der Waals surface area (Å²) in [5.74, 6) is -4.83. The number of imide groups is 1. The predicted molar refractivity (Wildman–Crippen MR) is 87.7 cm³/mol. The zero-order chi connectivity index (χ0) is 18.5. The number of carbonyl (C=O) groups excluding carboxylic acids is 3. The van der Waals surface area contributed by atoms with Gasteiger partial charge in [0.05, 0.1) is 12.5 Å². The molecule has 2 N–H and O–H groups in total. The molecule has 2 saturated heterocycles. The molecule has 3 aliphatic heterocycles. The molecule has 0 spiro atoms. The number of hydrogen-bond acceptors (Lipinski definition) is 4. The second kappa shape index (κ2) is 6.12. The van der Waals surface area contributed by atoms with E-state index in [1.807, 2.05) is 0 Å². The van der Waals surface area contributed by atoms with Crippen LogP contribution in [0.4, 0.5) is 8.78 Å². The van der Waals surface area contributed by atoms with Gasteiger partial charge in [-0.25, -0.2) is 8.78 Å². The minimum atomic E-state index is -2.83. The number of carbonyl (C=O) groups is 3. The summed E-state index contributed by atoms with van der Waals surface area (Å²) >= 11 is 0. The van der Waals surface area contributed by atoms with E-state index in [0.29, 0.717) is 29.7 Å². The van der Waals surface area contributed by atoms with E-state index in [4.69, 9.17) is 0 Å². The number of fused-ring (bicyclic) bond motifs is 1. The predicted octanol–water partition coefficient (Wildman–Crippen LogP) is 1.16. The summed E-state index contributed by atoms with van der Waals surface area (Å²) in [4.78, 5) is 37.4. The minimum absolute atomic E-state index is 0.184. The van der Waals surface area contributed by atoms with Crippen LogP contribution in [-0.4, -0.2) is 47.7 Å². The highest BCUT2D eigenvalue weighted by atomic mass is 19.3. The fourth-order valence-corrected chi connectivity index (χ4v) is 4.06. The molecule has 0 radical (unpaired) electrons.